The van der Waals surface area contributed by atoms with Crippen LogP contribution in [0.2, 0.25) is 0 Å². The van der Waals surface area contributed by atoms with Crippen molar-refractivity contribution in [3.63, 3.8) is 0 Å². The van der Waals surface area contributed by atoms with Crippen LogP contribution in [0.3, 0.4) is 0 Å². The van der Waals surface area contributed by atoms with Gasteiger partial charge in [0.1, 0.15) is 11.3 Å². The highest BCUT2D eigenvalue weighted by atomic mass is 32.2. The van der Waals surface area contributed by atoms with Crippen molar-refractivity contribution < 1.29 is 9.72 Å². The number of para-hydroxylation sites is 1. The van der Waals surface area contributed by atoms with E-state index < -0.39 is 4.92 Å². The predicted octanol–water partition coefficient (Wildman–Crippen LogP) is 2.07. The Bertz CT molecular complexity index is 479. The van der Waals surface area contributed by atoms with Crippen molar-refractivity contribution >= 4 is 29.0 Å². The zero-order chi connectivity index (χ0) is 14.4. The van der Waals surface area contributed by atoms with Gasteiger partial charge in [0.15, 0.2) is 0 Å². The van der Waals surface area contributed by atoms with Gasteiger partial charge in [-0.25, -0.2) is 0 Å². The molecule has 0 aromatic heterocycles. The van der Waals surface area contributed by atoms with Gasteiger partial charge >= 0.3 is 5.69 Å². The summed E-state index contributed by atoms with van der Waals surface area (Å²) in [5.41, 5.74) is 0.278. The molecular formula is C12H17N3O3S. The minimum atomic E-state index is -0.526. The van der Waals surface area contributed by atoms with Crippen LogP contribution in [-0.4, -0.2) is 48.4 Å². The lowest BCUT2D eigenvalue weighted by atomic mass is 10.1. The zero-order valence-electron chi connectivity index (χ0n) is 11.2. The Labute approximate surface area is 116 Å². The van der Waals surface area contributed by atoms with Gasteiger partial charge < -0.3 is 10.2 Å². The normalized spacial score (nSPS) is 10.1. The van der Waals surface area contributed by atoms with Gasteiger partial charge in [0.05, 0.1) is 4.92 Å². The van der Waals surface area contributed by atoms with Crippen LogP contribution in [0.4, 0.5) is 11.4 Å². The number of nitro groups is 1. The van der Waals surface area contributed by atoms with Crippen LogP contribution in [0.15, 0.2) is 18.2 Å². The van der Waals surface area contributed by atoms with E-state index in [4.69, 9.17) is 0 Å². The van der Waals surface area contributed by atoms with E-state index in [0.29, 0.717) is 12.2 Å². The Morgan fingerprint density at radius 1 is 1.53 bits per heavy atom. The molecule has 0 spiro atoms. The summed E-state index contributed by atoms with van der Waals surface area (Å²) in [4.78, 5) is 24.3. The highest BCUT2D eigenvalue weighted by Gasteiger charge is 2.25. The van der Waals surface area contributed by atoms with E-state index in [1.54, 1.807) is 38.0 Å². The molecule has 0 fully saturated rings. The molecule has 1 rings (SSSR count). The molecule has 0 atom stereocenters. The summed E-state index contributed by atoms with van der Waals surface area (Å²) in [7, 11) is 3.24. The zero-order valence-corrected chi connectivity index (χ0v) is 12.0. The van der Waals surface area contributed by atoms with Gasteiger partial charge in [-0.1, -0.05) is 6.07 Å². The number of carbonyl (C=O) groups excluding carboxylic acids is 1. The third-order valence-electron chi connectivity index (χ3n) is 2.70. The van der Waals surface area contributed by atoms with Gasteiger partial charge in [0, 0.05) is 26.4 Å². The molecule has 6 nitrogen and oxygen atoms in total. The van der Waals surface area contributed by atoms with Crippen LogP contribution >= 0.6 is 11.8 Å². The first-order chi connectivity index (χ1) is 9.02. The number of carbonyl (C=O) groups is 1. The second-order valence-electron chi connectivity index (χ2n) is 3.93. The maximum absolute atomic E-state index is 12.2. The highest BCUT2D eigenvalue weighted by Crippen LogP contribution is 2.28. The summed E-state index contributed by atoms with van der Waals surface area (Å²) < 4.78 is 0. The van der Waals surface area contributed by atoms with E-state index in [2.05, 4.69) is 5.32 Å². The van der Waals surface area contributed by atoms with Crippen LogP contribution in [0.1, 0.15) is 10.4 Å². The fourth-order valence-corrected chi connectivity index (χ4v) is 2.11. The van der Waals surface area contributed by atoms with Crippen molar-refractivity contribution in [3.8, 4) is 0 Å². The molecule has 0 unspecified atom stereocenters. The molecule has 0 bridgehead atoms. The Morgan fingerprint density at radius 2 is 2.21 bits per heavy atom. The number of nitrogens with zero attached hydrogens (tertiary/aromatic N) is 2. The minimum Gasteiger partial charge on any atom is -0.383 e. The monoisotopic (exact) mass is 283 g/mol. The second kappa shape index (κ2) is 6.98. The number of nitro benzene ring substituents is 1. The van der Waals surface area contributed by atoms with E-state index in [1.165, 1.54) is 11.0 Å². The molecule has 0 aliphatic rings. The quantitative estimate of drug-likeness (QED) is 0.639. The van der Waals surface area contributed by atoms with E-state index in [-0.39, 0.29) is 17.2 Å². The van der Waals surface area contributed by atoms with Gasteiger partial charge in [0.2, 0.25) is 0 Å². The number of hydrogen-bond acceptors (Lipinski definition) is 5. The molecule has 19 heavy (non-hydrogen) atoms. The molecule has 104 valence electrons. The fraction of sp³-hybridized carbons (Fsp3) is 0.417. The Balaban J connectivity index is 3.12. The van der Waals surface area contributed by atoms with Gasteiger partial charge in [0.25, 0.3) is 5.91 Å². The SMILES string of the molecule is CNc1cccc(C(=O)N(C)CCSC)c1[N+](=O)[O-]. The average molecular weight is 283 g/mol. The molecule has 1 N–H and O–H groups in total. The van der Waals surface area contributed by atoms with Crippen molar-refractivity contribution in [2.45, 2.75) is 0 Å². The fourth-order valence-electron chi connectivity index (χ4n) is 1.65. The second-order valence-corrected chi connectivity index (χ2v) is 4.91. The van der Waals surface area contributed by atoms with Crippen LogP contribution in [0, 0.1) is 10.1 Å². The van der Waals surface area contributed by atoms with Gasteiger partial charge in [-0.05, 0) is 18.4 Å². The highest BCUT2D eigenvalue weighted by molar-refractivity contribution is 7.98. The van der Waals surface area contributed by atoms with Crippen molar-refractivity contribution in [1.82, 2.24) is 4.90 Å². The van der Waals surface area contributed by atoms with E-state index in [1.807, 2.05) is 6.26 Å². The number of benzene rings is 1. The summed E-state index contributed by atoms with van der Waals surface area (Å²) in [6.45, 7) is 0.556. The number of amides is 1. The molecule has 0 aliphatic heterocycles. The topological polar surface area (TPSA) is 75.5 Å². The average Bonchev–Trinajstić information content (AvgIpc) is 2.42. The number of rotatable bonds is 6. The van der Waals surface area contributed by atoms with Crippen molar-refractivity contribution in [2.75, 3.05) is 38.0 Å². The minimum absolute atomic E-state index is 0.112. The van der Waals surface area contributed by atoms with E-state index in [0.717, 1.165) is 5.75 Å². The summed E-state index contributed by atoms with van der Waals surface area (Å²) in [5.74, 6) is 0.458. The molecule has 0 radical (unpaired) electrons. The lowest BCUT2D eigenvalue weighted by molar-refractivity contribution is -0.384. The van der Waals surface area contributed by atoms with Crippen molar-refractivity contribution in [3.05, 3.63) is 33.9 Å². The summed E-state index contributed by atoms with van der Waals surface area (Å²) in [6.07, 6.45) is 1.95. The molecule has 1 aromatic rings. The predicted molar refractivity (Wildman–Crippen MR) is 78.0 cm³/mol. The summed E-state index contributed by atoms with van der Waals surface area (Å²) in [6, 6.07) is 4.70. The molecule has 1 aromatic carbocycles. The summed E-state index contributed by atoms with van der Waals surface area (Å²) >= 11 is 1.62. The maximum Gasteiger partial charge on any atom is 0.305 e. The Morgan fingerprint density at radius 3 is 2.74 bits per heavy atom. The third-order valence-corrected chi connectivity index (χ3v) is 3.29. The Kier molecular flexibility index (Phi) is 5.62. The molecule has 7 heteroatoms. The maximum atomic E-state index is 12.2. The van der Waals surface area contributed by atoms with Gasteiger partial charge in [-0.15, -0.1) is 0 Å². The molecule has 0 saturated heterocycles. The molecular weight excluding hydrogens is 266 g/mol. The third kappa shape index (κ3) is 3.60. The Hall–Kier alpha value is -1.76. The van der Waals surface area contributed by atoms with Gasteiger partial charge in [-0.2, -0.15) is 11.8 Å². The van der Waals surface area contributed by atoms with E-state index >= 15 is 0 Å². The first-order valence-corrected chi connectivity index (χ1v) is 7.11. The van der Waals surface area contributed by atoms with Crippen LogP contribution < -0.4 is 5.32 Å². The molecule has 0 heterocycles. The number of nitrogens with one attached hydrogen (secondary N) is 1. The van der Waals surface area contributed by atoms with Crippen molar-refractivity contribution in [2.24, 2.45) is 0 Å². The number of thioether (sulfide) groups is 1. The first kappa shape index (κ1) is 15.3. The molecule has 0 aliphatic carbocycles. The lowest BCUT2D eigenvalue weighted by Crippen LogP contribution is -2.29. The summed E-state index contributed by atoms with van der Waals surface area (Å²) in [5, 5.41) is 13.9. The van der Waals surface area contributed by atoms with Crippen LogP contribution in [0.25, 0.3) is 0 Å². The lowest BCUT2D eigenvalue weighted by Gasteiger charge is -2.17. The molecule has 0 saturated carbocycles. The smallest absolute Gasteiger partial charge is 0.305 e. The standard InChI is InChI=1S/C12H17N3O3S/c1-13-10-6-4-5-9(11(10)15(17)18)12(16)14(2)7-8-19-3/h4-6,13H,7-8H2,1-3H3. The largest absolute Gasteiger partial charge is 0.383 e. The number of hydrogen-bond donors (Lipinski definition) is 1. The number of anilines is 1. The van der Waals surface area contributed by atoms with Crippen molar-refractivity contribution in [1.29, 1.82) is 0 Å². The molecule has 1 amide bonds. The first-order valence-electron chi connectivity index (χ1n) is 5.72. The van der Waals surface area contributed by atoms with Crippen LogP contribution in [0.5, 0.6) is 0 Å². The van der Waals surface area contributed by atoms with Crippen LogP contribution in [-0.2, 0) is 0 Å². The van der Waals surface area contributed by atoms with Gasteiger partial charge in [-0.3, -0.25) is 14.9 Å². The van der Waals surface area contributed by atoms with E-state index in [9.17, 15) is 14.9 Å².